The fourth-order valence-electron chi connectivity index (χ4n) is 2.91. The minimum atomic E-state index is -0.0811. The van der Waals surface area contributed by atoms with E-state index in [4.69, 9.17) is 0 Å². The Morgan fingerprint density at radius 3 is 2.62 bits per heavy atom. The van der Waals surface area contributed by atoms with E-state index in [2.05, 4.69) is 15.4 Å². The number of nitrogens with zero attached hydrogens (tertiary/aromatic N) is 3. The SMILES string of the molecule is Cc1nn(-c2ccccc2)c2sc(C(=O)N[C@@H](C)c3ccncc3)cc12. The molecule has 1 N–H and O–H groups in total. The zero-order chi connectivity index (χ0) is 18.1. The number of carbonyl (C=O) groups excluding carboxylic acids is 1. The van der Waals surface area contributed by atoms with Crippen molar-refractivity contribution in [2.24, 2.45) is 0 Å². The van der Waals surface area contributed by atoms with E-state index in [1.54, 1.807) is 12.4 Å². The summed E-state index contributed by atoms with van der Waals surface area (Å²) in [5, 5.41) is 8.69. The number of pyridine rings is 1. The summed E-state index contributed by atoms with van der Waals surface area (Å²) in [7, 11) is 0. The first-order valence-corrected chi connectivity index (χ1v) is 9.20. The first-order chi connectivity index (χ1) is 12.6. The second-order valence-electron chi connectivity index (χ2n) is 6.14. The molecule has 0 aliphatic carbocycles. The summed E-state index contributed by atoms with van der Waals surface area (Å²) >= 11 is 1.46. The molecule has 0 aliphatic heterocycles. The molecular formula is C20H18N4OS. The summed E-state index contributed by atoms with van der Waals surface area (Å²) in [6, 6.07) is 15.6. The van der Waals surface area contributed by atoms with Crippen molar-refractivity contribution in [1.29, 1.82) is 0 Å². The average molecular weight is 362 g/mol. The number of para-hydroxylation sites is 1. The third-order valence-electron chi connectivity index (χ3n) is 4.32. The van der Waals surface area contributed by atoms with Crippen LogP contribution in [-0.4, -0.2) is 20.7 Å². The number of aryl methyl sites for hydroxylation is 1. The quantitative estimate of drug-likeness (QED) is 0.589. The molecule has 4 aromatic rings. The zero-order valence-electron chi connectivity index (χ0n) is 14.5. The summed E-state index contributed by atoms with van der Waals surface area (Å²) in [4.78, 5) is 18.4. The van der Waals surface area contributed by atoms with Gasteiger partial charge in [-0.2, -0.15) is 5.10 Å². The molecule has 3 heterocycles. The van der Waals surface area contributed by atoms with Gasteiger partial charge >= 0.3 is 0 Å². The highest BCUT2D eigenvalue weighted by Gasteiger charge is 2.18. The molecule has 0 unspecified atom stereocenters. The van der Waals surface area contributed by atoms with E-state index in [0.29, 0.717) is 4.88 Å². The van der Waals surface area contributed by atoms with Gasteiger partial charge in [-0.05, 0) is 49.7 Å². The van der Waals surface area contributed by atoms with Crippen LogP contribution < -0.4 is 5.32 Å². The molecule has 0 aliphatic rings. The maximum absolute atomic E-state index is 12.7. The van der Waals surface area contributed by atoms with E-state index >= 15 is 0 Å². The van der Waals surface area contributed by atoms with Crippen molar-refractivity contribution in [3.63, 3.8) is 0 Å². The van der Waals surface area contributed by atoms with E-state index in [0.717, 1.165) is 27.2 Å². The first kappa shape index (κ1) is 16.5. The summed E-state index contributed by atoms with van der Waals surface area (Å²) < 4.78 is 1.90. The maximum Gasteiger partial charge on any atom is 0.261 e. The van der Waals surface area contributed by atoms with Crippen molar-refractivity contribution in [2.45, 2.75) is 19.9 Å². The molecule has 3 aromatic heterocycles. The summed E-state index contributed by atoms with van der Waals surface area (Å²) in [5.41, 5.74) is 2.94. The largest absolute Gasteiger partial charge is 0.345 e. The Morgan fingerprint density at radius 1 is 1.15 bits per heavy atom. The molecule has 26 heavy (non-hydrogen) atoms. The highest BCUT2D eigenvalue weighted by molar-refractivity contribution is 7.20. The Labute approximate surface area is 155 Å². The summed E-state index contributed by atoms with van der Waals surface area (Å²) in [5.74, 6) is -0.0745. The van der Waals surface area contributed by atoms with Gasteiger partial charge in [0.2, 0.25) is 0 Å². The molecule has 0 saturated heterocycles. The molecule has 4 rings (SSSR count). The molecule has 1 atom stereocenters. The Bertz CT molecular complexity index is 1050. The van der Waals surface area contributed by atoms with E-state index in [1.807, 2.05) is 67.1 Å². The van der Waals surface area contributed by atoms with Crippen LogP contribution in [0.3, 0.4) is 0 Å². The summed E-state index contributed by atoms with van der Waals surface area (Å²) in [6.45, 7) is 3.94. The van der Waals surface area contributed by atoms with Crippen LogP contribution >= 0.6 is 11.3 Å². The zero-order valence-corrected chi connectivity index (χ0v) is 15.3. The average Bonchev–Trinajstić information content (AvgIpc) is 3.24. The normalized spacial score (nSPS) is 12.2. The van der Waals surface area contributed by atoms with E-state index < -0.39 is 0 Å². The Kier molecular flexibility index (Phi) is 4.26. The van der Waals surface area contributed by atoms with Crippen LogP contribution in [0.15, 0.2) is 60.9 Å². The fraction of sp³-hybridized carbons (Fsp3) is 0.150. The smallest absolute Gasteiger partial charge is 0.261 e. The predicted octanol–water partition coefficient (Wildman–Crippen LogP) is 4.28. The third kappa shape index (κ3) is 2.99. The van der Waals surface area contributed by atoms with Crippen molar-refractivity contribution in [3.05, 3.63) is 77.1 Å². The number of aromatic nitrogens is 3. The van der Waals surface area contributed by atoms with Gasteiger partial charge in [0.15, 0.2) is 0 Å². The second kappa shape index (κ2) is 6.72. The number of thiophene rings is 1. The van der Waals surface area contributed by atoms with Gasteiger partial charge in [-0.1, -0.05) is 18.2 Å². The lowest BCUT2D eigenvalue weighted by molar-refractivity contribution is 0.0944. The molecule has 1 amide bonds. The highest BCUT2D eigenvalue weighted by atomic mass is 32.1. The minimum Gasteiger partial charge on any atom is -0.345 e. The van der Waals surface area contributed by atoms with Crippen LogP contribution in [0.5, 0.6) is 0 Å². The van der Waals surface area contributed by atoms with Gasteiger partial charge in [-0.15, -0.1) is 11.3 Å². The van der Waals surface area contributed by atoms with Gasteiger partial charge in [0.1, 0.15) is 4.83 Å². The highest BCUT2D eigenvalue weighted by Crippen LogP contribution is 2.30. The van der Waals surface area contributed by atoms with Crippen molar-refractivity contribution < 1.29 is 4.79 Å². The molecule has 130 valence electrons. The molecule has 0 radical (unpaired) electrons. The Morgan fingerprint density at radius 2 is 1.88 bits per heavy atom. The minimum absolute atomic E-state index is 0.0745. The summed E-state index contributed by atoms with van der Waals surface area (Å²) in [6.07, 6.45) is 3.46. The van der Waals surface area contributed by atoms with E-state index in [9.17, 15) is 4.79 Å². The number of rotatable bonds is 4. The van der Waals surface area contributed by atoms with Crippen molar-refractivity contribution in [2.75, 3.05) is 0 Å². The molecular weight excluding hydrogens is 344 g/mol. The number of hydrogen-bond acceptors (Lipinski definition) is 4. The molecule has 0 saturated carbocycles. The van der Waals surface area contributed by atoms with E-state index in [-0.39, 0.29) is 11.9 Å². The third-order valence-corrected chi connectivity index (χ3v) is 5.43. The lowest BCUT2D eigenvalue weighted by Crippen LogP contribution is -2.25. The van der Waals surface area contributed by atoms with Gasteiger partial charge in [0.25, 0.3) is 5.91 Å². The molecule has 0 bridgehead atoms. The van der Waals surface area contributed by atoms with Gasteiger partial charge in [0.05, 0.1) is 22.3 Å². The number of fused-ring (bicyclic) bond motifs is 1. The number of benzene rings is 1. The Balaban J connectivity index is 1.64. The lowest BCUT2D eigenvalue weighted by atomic mass is 10.1. The fourth-order valence-corrected chi connectivity index (χ4v) is 3.99. The predicted molar refractivity (Wildman–Crippen MR) is 104 cm³/mol. The van der Waals surface area contributed by atoms with Crippen LogP contribution in [0, 0.1) is 6.92 Å². The van der Waals surface area contributed by atoms with Crippen LogP contribution in [0.1, 0.15) is 33.9 Å². The molecule has 0 fully saturated rings. The topological polar surface area (TPSA) is 59.8 Å². The van der Waals surface area contributed by atoms with Crippen molar-refractivity contribution >= 4 is 27.5 Å². The molecule has 5 nitrogen and oxygen atoms in total. The van der Waals surface area contributed by atoms with Gasteiger partial charge in [0, 0.05) is 17.8 Å². The molecule has 1 aromatic carbocycles. The lowest BCUT2D eigenvalue weighted by Gasteiger charge is -2.13. The van der Waals surface area contributed by atoms with Crippen LogP contribution in [0.4, 0.5) is 0 Å². The second-order valence-corrected chi connectivity index (χ2v) is 7.17. The molecule has 6 heteroatoms. The van der Waals surface area contributed by atoms with Crippen molar-refractivity contribution in [1.82, 2.24) is 20.1 Å². The maximum atomic E-state index is 12.7. The van der Waals surface area contributed by atoms with Crippen molar-refractivity contribution in [3.8, 4) is 5.69 Å². The first-order valence-electron chi connectivity index (χ1n) is 8.39. The van der Waals surface area contributed by atoms with E-state index in [1.165, 1.54) is 11.3 Å². The van der Waals surface area contributed by atoms with Crippen LogP contribution in [-0.2, 0) is 0 Å². The Hall–Kier alpha value is -2.99. The number of carbonyl (C=O) groups is 1. The van der Waals surface area contributed by atoms with Gasteiger partial charge in [-0.25, -0.2) is 4.68 Å². The number of hydrogen-bond donors (Lipinski definition) is 1. The van der Waals surface area contributed by atoms with Crippen LogP contribution in [0.2, 0.25) is 0 Å². The standard InChI is InChI=1S/C20H18N4OS/c1-13(15-8-10-21-11-9-15)22-19(25)18-12-17-14(2)23-24(20(17)26-18)16-6-4-3-5-7-16/h3-13H,1-2H3,(H,22,25)/t13-/m0/s1. The number of nitrogens with one attached hydrogen (secondary N) is 1. The van der Waals surface area contributed by atoms with Crippen LogP contribution in [0.25, 0.3) is 15.9 Å². The molecule has 0 spiro atoms. The van der Waals surface area contributed by atoms with Gasteiger partial charge < -0.3 is 5.32 Å². The van der Waals surface area contributed by atoms with Gasteiger partial charge in [-0.3, -0.25) is 9.78 Å². The number of amides is 1. The monoisotopic (exact) mass is 362 g/mol.